The number of rotatable bonds is 7. The quantitative estimate of drug-likeness (QED) is 0.203. The molecule has 0 saturated carbocycles. The number of nitrogens with zero attached hydrogens (tertiary/aromatic N) is 4. The molecule has 9 heteroatoms. The third kappa shape index (κ3) is 5.01. The van der Waals surface area contributed by atoms with E-state index in [1.165, 1.54) is 21.3 Å². The van der Waals surface area contributed by atoms with Crippen LogP contribution in [0.15, 0.2) is 70.8 Å². The molecule has 0 spiro atoms. The molecule has 2 aromatic carbocycles. The van der Waals surface area contributed by atoms with Crippen molar-refractivity contribution in [3.8, 4) is 16.9 Å². The molecule has 41 heavy (non-hydrogen) atoms. The van der Waals surface area contributed by atoms with Crippen LogP contribution in [0.1, 0.15) is 50.7 Å². The van der Waals surface area contributed by atoms with Gasteiger partial charge >= 0.3 is 11.1 Å². The maximum atomic E-state index is 14.9. The highest BCUT2D eigenvalue weighted by atomic mass is 35.5. The Labute approximate surface area is 242 Å². The minimum absolute atomic E-state index is 0.0368. The number of pyridine rings is 1. The van der Waals surface area contributed by atoms with Crippen LogP contribution in [0.3, 0.4) is 0 Å². The van der Waals surface area contributed by atoms with Gasteiger partial charge in [0.2, 0.25) is 5.91 Å². The number of benzene rings is 2. The van der Waals surface area contributed by atoms with Gasteiger partial charge in [0.05, 0.1) is 21.9 Å². The smallest absolute Gasteiger partial charge is 0.322 e. The Hall–Kier alpha value is -4.04. The molecule has 2 aromatic heterocycles. The number of hydrogen-bond acceptors (Lipinski definition) is 4. The average molecular weight is 575 g/mol. The van der Waals surface area contributed by atoms with E-state index in [1.807, 2.05) is 45.9 Å². The van der Waals surface area contributed by atoms with Crippen LogP contribution < -0.4 is 11.1 Å². The first kappa shape index (κ1) is 28.5. The Morgan fingerprint density at radius 3 is 2.27 bits per heavy atom. The van der Waals surface area contributed by atoms with Crippen molar-refractivity contribution in [3.63, 3.8) is 0 Å². The molecule has 0 N–H and O–H groups in total. The number of likely N-dealkylation sites (tertiary alicyclic amines) is 1. The van der Waals surface area contributed by atoms with Gasteiger partial charge in [-0.15, -0.1) is 0 Å². The fourth-order valence-corrected chi connectivity index (χ4v) is 5.75. The Kier molecular flexibility index (Phi) is 7.70. The SMILES string of the molecule is C=CC(=O)N1CC(Cn2c(=O)c(=O)n(-c3c(C(C)C)cccc3C(C)C)c3nc(-c4ccccc4F)c(Cl)cc32)C1. The minimum Gasteiger partial charge on any atom is -0.338 e. The number of fused-ring (bicyclic) bond motifs is 1. The Morgan fingerprint density at radius 2 is 1.68 bits per heavy atom. The van der Waals surface area contributed by atoms with Crippen molar-refractivity contribution >= 4 is 28.7 Å². The van der Waals surface area contributed by atoms with Crippen LogP contribution in [0.4, 0.5) is 4.39 Å². The number of carbonyl (C=O) groups excluding carboxylic acids is 1. The Morgan fingerprint density at radius 1 is 1.05 bits per heavy atom. The summed E-state index contributed by atoms with van der Waals surface area (Å²) in [6.45, 7) is 12.7. The molecular weight excluding hydrogens is 543 g/mol. The monoisotopic (exact) mass is 574 g/mol. The molecule has 1 aliphatic heterocycles. The second kappa shape index (κ2) is 11.1. The maximum absolute atomic E-state index is 14.9. The highest BCUT2D eigenvalue weighted by molar-refractivity contribution is 6.33. The van der Waals surface area contributed by atoms with E-state index in [-0.39, 0.29) is 52.1 Å². The summed E-state index contributed by atoms with van der Waals surface area (Å²) in [5.41, 5.74) is 1.86. The molecule has 1 amide bonds. The van der Waals surface area contributed by atoms with Gasteiger partial charge in [-0.3, -0.25) is 19.0 Å². The zero-order valence-electron chi connectivity index (χ0n) is 23.5. The molecule has 0 bridgehead atoms. The molecule has 3 heterocycles. The summed E-state index contributed by atoms with van der Waals surface area (Å²) in [7, 11) is 0. The van der Waals surface area contributed by atoms with Crippen molar-refractivity contribution in [2.75, 3.05) is 13.1 Å². The number of carbonyl (C=O) groups is 1. The molecule has 0 aliphatic carbocycles. The molecule has 0 atom stereocenters. The molecule has 0 unspecified atom stereocenters. The van der Waals surface area contributed by atoms with E-state index in [9.17, 15) is 18.8 Å². The van der Waals surface area contributed by atoms with E-state index in [2.05, 4.69) is 6.58 Å². The van der Waals surface area contributed by atoms with Crippen LogP contribution >= 0.6 is 11.6 Å². The van der Waals surface area contributed by atoms with E-state index in [0.29, 0.717) is 24.3 Å². The van der Waals surface area contributed by atoms with Gasteiger partial charge in [-0.2, -0.15) is 0 Å². The zero-order chi connectivity index (χ0) is 29.6. The lowest BCUT2D eigenvalue weighted by Crippen LogP contribution is -2.52. The van der Waals surface area contributed by atoms with Crippen LogP contribution in [-0.4, -0.2) is 38.0 Å². The third-order valence-electron chi connectivity index (χ3n) is 7.65. The van der Waals surface area contributed by atoms with Crippen molar-refractivity contribution in [2.24, 2.45) is 5.92 Å². The predicted molar refractivity (Wildman–Crippen MR) is 160 cm³/mol. The van der Waals surface area contributed by atoms with Gasteiger partial charge < -0.3 is 9.47 Å². The van der Waals surface area contributed by atoms with Gasteiger partial charge in [0.15, 0.2) is 5.65 Å². The first-order valence-electron chi connectivity index (χ1n) is 13.7. The number of amides is 1. The van der Waals surface area contributed by atoms with Crippen LogP contribution in [0.5, 0.6) is 0 Å². The van der Waals surface area contributed by atoms with E-state index >= 15 is 0 Å². The lowest BCUT2D eigenvalue weighted by molar-refractivity contribution is -0.132. The van der Waals surface area contributed by atoms with E-state index in [0.717, 1.165) is 11.1 Å². The Balaban J connectivity index is 1.84. The summed E-state index contributed by atoms with van der Waals surface area (Å²) < 4.78 is 17.7. The first-order chi connectivity index (χ1) is 19.5. The molecule has 5 rings (SSSR count). The fraction of sp³-hybridized carbons (Fsp3) is 0.312. The molecule has 212 valence electrons. The molecular formula is C32H32ClFN4O3. The van der Waals surface area contributed by atoms with Crippen LogP contribution in [-0.2, 0) is 11.3 Å². The summed E-state index contributed by atoms with van der Waals surface area (Å²) in [4.78, 5) is 46.3. The van der Waals surface area contributed by atoms with E-state index in [1.54, 1.807) is 29.2 Å². The van der Waals surface area contributed by atoms with Crippen molar-refractivity contribution in [3.05, 3.63) is 104 Å². The van der Waals surface area contributed by atoms with Gasteiger partial charge in [-0.1, -0.05) is 76.2 Å². The topological polar surface area (TPSA) is 77.2 Å². The average Bonchev–Trinajstić information content (AvgIpc) is 2.92. The summed E-state index contributed by atoms with van der Waals surface area (Å²) in [5, 5.41) is 0.152. The highest BCUT2D eigenvalue weighted by Crippen LogP contribution is 2.35. The molecule has 7 nitrogen and oxygen atoms in total. The standard InChI is InChI=1S/C32H32ClFN4O3/c1-6-27(39)36-15-20(16-36)17-37-26-14-24(33)28(23-10-7-8-13-25(23)34)35-30(26)38(32(41)31(37)40)29-21(18(2)3)11-9-12-22(29)19(4)5/h6-14,18-20H,1,15-17H2,2-5H3. The van der Waals surface area contributed by atoms with E-state index in [4.69, 9.17) is 16.6 Å². The normalized spacial score (nSPS) is 13.7. The van der Waals surface area contributed by atoms with E-state index < -0.39 is 16.9 Å². The van der Waals surface area contributed by atoms with Gasteiger partial charge in [0.1, 0.15) is 5.82 Å². The predicted octanol–water partition coefficient (Wildman–Crippen LogP) is 5.90. The number of halogens is 2. The van der Waals surface area contributed by atoms with Crippen molar-refractivity contribution < 1.29 is 9.18 Å². The van der Waals surface area contributed by atoms with Crippen LogP contribution in [0.2, 0.25) is 5.02 Å². The van der Waals surface area contributed by atoms with Gasteiger partial charge in [-0.25, -0.2) is 9.37 Å². The zero-order valence-corrected chi connectivity index (χ0v) is 24.3. The lowest BCUT2D eigenvalue weighted by Gasteiger charge is -2.39. The Bertz CT molecular complexity index is 1780. The summed E-state index contributed by atoms with van der Waals surface area (Å²) in [6, 6.07) is 13.6. The van der Waals surface area contributed by atoms with Crippen molar-refractivity contribution in [1.29, 1.82) is 0 Å². The van der Waals surface area contributed by atoms with Crippen molar-refractivity contribution in [1.82, 2.24) is 19.0 Å². The second-order valence-corrected chi connectivity index (χ2v) is 11.5. The molecule has 4 aromatic rings. The van der Waals surface area contributed by atoms with Gasteiger partial charge in [0.25, 0.3) is 0 Å². The third-order valence-corrected chi connectivity index (χ3v) is 7.94. The van der Waals surface area contributed by atoms with Gasteiger partial charge in [-0.05, 0) is 47.2 Å². The molecule has 0 radical (unpaired) electrons. The largest absolute Gasteiger partial charge is 0.338 e. The van der Waals surface area contributed by atoms with Crippen LogP contribution in [0.25, 0.3) is 28.1 Å². The molecule has 1 saturated heterocycles. The summed E-state index contributed by atoms with van der Waals surface area (Å²) in [5.74, 6) is -0.659. The fourth-order valence-electron chi connectivity index (χ4n) is 5.50. The lowest BCUT2D eigenvalue weighted by atomic mass is 9.92. The number of hydrogen-bond donors (Lipinski definition) is 0. The number of para-hydroxylation sites is 1. The first-order valence-corrected chi connectivity index (χ1v) is 14.1. The summed E-state index contributed by atoms with van der Waals surface area (Å²) >= 11 is 6.71. The minimum atomic E-state index is -0.750. The number of aromatic nitrogens is 3. The molecule has 1 aliphatic rings. The highest BCUT2D eigenvalue weighted by Gasteiger charge is 2.31. The summed E-state index contributed by atoms with van der Waals surface area (Å²) in [6.07, 6.45) is 1.26. The van der Waals surface area contributed by atoms with Gasteiger partial charge in [0, 0.05) is 31.1 Å². The maximum Gasteiger partial charge on any atom is 0.322 e. The molecule has 1 fully saturated rings. The van der Waals surface area contributed by atoms with Crippen LogP contribution in [0, 0.1) is 11.7 Å². The second-order valence-electron chi connectivity index (χ2n) is 11.1. The van der Waals surface area contributed by atoms with Crippen molar-refractivity contribution in [2.45, 2.75) is 46.1 Å².